The van der Waals surface area contributed by atoms with Crippen molar-refractivity contribution in [1.82, 2.24) is 15.2 Å². The molecule has 1 aromatic carbocycles. The van der Waals surface area contributed by atoms with Gasteiger partial charge in [-0.25, -0.2) is 4.98 Å². The minimum Gasteiger partial charge on any atom is -0.389 e. The largest absolute Gasteiger partial charge is 0.389 e. The monoisotopic (exact) mass is 527 g/mol. The van der Waals surface area contributed by atoms with Crippen molar-refractivity contribution in [3.8, 4) is 10.4 Å². The lowest BCUT2D eigenvalue weighted by Gasteiger charge is -2.36. The Morgan fingerprint density at radius 1 is 1.18 bits per heavy atom. The van der Waals surface area contributed by atoms with Crippen molar-refractivity contribution in [2.75, 3.05) is 13.1 Å². The summed E-state index contributed by atoms with van der Waals surface area (Å²) in [7, 11) is 0. The van der Waals surface area contributed by atoms with Crippen molar-refractivity contribution in [2.24, 2.45) is 0 Å². The van der Waals surface area contributed by atoms with Gasteiger partial charge in [-0.1, -0.05) is 35.3 Å². The standard InChI is InChI=1S/C24H31Cl2N3O4S/c1-6-29(13-8-7-9-13)22(31)18-19(34-21(28-18)20(30)27-12-23(2,3)32)14-10-11-15(24(4,5)33)17(26)16(14)25/h10-11,13,32-33H,6-9,12H2,1-5H3,(H,27,30). The van der Waals surface area contributed by atoms with Gasteiger partial charge in [0, 0.05) is 30.3 Å². The van der Waals surface area contributed by atoms with Crippen molar-refractivity contribution in [2.45, 2.75) is 71.1 Å². The third kappa shape index (κ3) is 5.74. The van der Waals surface area contributed by atoms with Crippen molar-refractivity contribution in [3.05, 3.63) is 38.4 Å². The highest BCUT2D eigenvalue weighted by Gasteiger charge is 2.33. The second-order valence-electron chi connectivity index (χ2n) is 9.72. The number of carbonyl (C=O) groups excluding carboxylic acids is 2. The number of thiazole rings is 1. The minimum absolute atomic E-state index is 0.0278. The predicted octanol–water partition coefficient (Wildman–Crippen LogP) is 4.86. The zero-order valence-corrected chi connectivity index (χ0v) is 22.4. The van der Waals surface area contributed by atoms with E-state index in [-0.39, 0.29) is 39.2 Å². The maximum Gasteiger partial charge on any atom is 0.280 e. The van der Waals surface area contributed by atoms with E-state index in [4.69, 9.17) is 23.2 Å². The second kappa shape index (κ2) is 10.1. The van der Waals surface area contributed by atoms with Crippen molar-refractivity contribution in [3.63, 3.8) is 0 Å². The molecule has 3 N–H and O–H groups in total. The third-order valence-electron chi connectivity index (χ3n) is 5.81. The fourth-order valence-electron chi connectivity index (χ4n) is 3.72. The summed E-state index contributed by atoms with van der Waals surface area (Å²) >= 11 is 14.2. The fraction of sp³-hybridized carbons (Fsp3) is 0.542. The molecule has 0 radical (unpaired) electrons. The van der Waals surface area contributed by atoms with Gasteiger partial charge in [-0.2, -0.15) is 0 Å². The van der Waals surface area contributed by atoms with Crippen molar-refractivity contribution >= 4 is 46.4 Å². The summed E-state index contributed by atoms with van der Waals surface area (Å²) in [6, 6.07) is 3.50. The predicted molar refractivity (Wildman–Crippen MR) is 136 cm³/mol. The smallest absolute Gasteiger partial charge is 0.280 e. The summed E-state index contributed by atoms with van der Waals surface area (Å²) in [6.45, 7) is 8.84. The van der Waals surface area contributed by atoms with Gasteiger partial charge in [0.25, 0.3) is 11.8 Å². The quantitative estimate of drug-likeness (QED) is 0.454. The Bertz CT molecular complexity index is 1090. The summed E-state index contributed by atoms with van der Waals surface area (Å²) < 4.78 is 0. The molecular weight excluding hydrogens is 497 g/mol. The van der Waals surface area contributed by atoms with E-state index in [0.29, 0.717) is 22.5 Å². The number of nitrogens with one attached hydrogen (secondary N) is 1. The van der Waals surface area contributed by atoms with Crippen LogP contribution < -0.4 is 5.32 Å². The molecule has 2 aromatic rings. The van der Waals surface area contributed by atoms with E-state index >= 15 is 0 Å². The number of benzene rings is 1. The first kappa shape index (κ1) is 26.9. The number of carbonyl (C=O) groups is 2. The highest BCUT2D eigenvalue weighted by Crippen LogP contribution is 2.43. The first-order valence-corrected chi connectivity index (χ1v) is 12.9. The van der Waals surface area contributed by atoms with Crippen LogP contribution in [0.4, 0.5) is 0 Å². The van der Waals surface area contributed by atoms with Gasteiger partial charge in [0.15, 0.2) is 5.01 Å². The normalized spacial score (nSPS) is 14.6. The lowest BCUT2D eigenvalue weighted by Crippen LogP contribution is -2.44. The van der Waals surface area contributed by atoms with Crippen LogP contribution in [0, 0.1) is 0 Å². The van der Waals surface area contributed by atoms with Crippen LogP contribution in [0.2, 0.25) is 10.0 Å². The van der Waals surface area contributed by atoms with E-state index in [0.717, 1.165) is 30.6 Å². The second-order valence-corrected chi connectivity index (χ2v) is 11.5. The van der Waals surface area contributed by atoms with Gasteiger partial charge in [-0.3, -0.25) is 9.59 Å². The molecule has 186 valence electrons. The summed E-state index contributed by atoms with van der Waals surface area (Å²) in [5, 5.41) is 23.5. The van der Waals surface area contributed by atoms with Gasteiger partial charge in [-0.15, -0.1) is 11.3 Å². The Labute approximate surface area is 214 Å². The Balaban J connectivity index is 2.09. The molecule has 1 fully saturated rings. The SMILES string of the molecule is CCN(C(=O)c1nc(C(=O)NCC(C)(C)O)sc1-c1ccc(C(C)(C)O)c(Cl)c1Cl)C1CCC1. The molecule has 1 heterocycles. The van der Waals surface area contributed by atoms with E-state index < -0.39 is 17.1 Å². The number of hydrogen-bond acceptors (Lipinski definition) is 6. The summed E-state index contributed by atoms with van der Waals surface area (Å²) in [5.74, 6) is -0.756. The van der Waals surface area contributed by atoms with Gasteiger partial charge >= 0.3 is 0 Å². The molecule has 1 aliphatic carbocycles. The first-order chi connectivity index (χ1) is 15.7. The van der Waals surface area contributed by atoms with Crippen LogP contribution in [0.5, 0.6) is 0 Å². The highest BCUT2D eigenvalue weighted by molar-refractivity contribution is 7.17. The number of nitrogens with zero attached hydrogens (tertiary/aromatic N) is 2. The number of hydrogen-bond donors (Lipinski definition) is 3. The molecular formula is C24H31Cl2N3O4S. The van der Waals surface area contributed by atoms with Gasteiger partial charge < -0.3 is 20.4 Å². The lowest BCUT2D eigenvalue weighted by molar-refractivity contribution is 0.0590. The van der Waals surface area contributed by atoms with Crippen molar-refractivity contribution < 1.29 is 19.8 Å². The van der Waals surface area contributed by atoms with Gasteiger partial charge in [-0.05, 0) is 53.9 Å². The summed E-state index contributed by atoms with van der Waals surface area (Å²) in [5.41, 5.74) is -1.25. The van der Waals surface area contributed by atoms with Gasteiger partial charge in [0.1, 0.15) is 5.69 Å². The van der Waals surface area contributed by atoms with Crippen LogP contribution in [-0.2, 0) is 5.60 Å². The van der Waals surface area contributed by atoms with E-state index in [9.17, 15) is 19.8 Å². The van der Waals surface area contributed by atoms with Crippen LogP contribution in [0.25, 0.3) is 10.4 Å². The Hall–Kier alpha value is -1.71. The topological polar surface area (TPSA) is 103 Å². The number of aliphatic hydroxyl groups is 2. The number of amides is 2. The van der Waals surface area contributed by atoms with Crippen LogP contribution >= 0.6 is 34.5 Å². The minimum atomic E-state index is -1.21. The van der Waals surface area contributed by atoms with E-state index in [1.807, 2.05) is 6.92 Å². The van der Waals surface area contributed by atoms with Crippen LogP contribution in [0.1, 0.15) is 79.7 Å². The molecule has 0 aliphatic heterocycles. The first-order valence-electron chi connectivity index (χ1n) is 11.3. The molecule has 3 rings (SSSR count). The maximum atomic E-state index is 13.6. The molecule has 2 amide bonds. The fourth-order valence-corrected chi connectivity index (χ4v) is 5.43. The molecule has 0 unspecified atom stereocenters. The maximum absolute atomic E-state index is 13.6. The molecule has 0 saturated heterocycles. The number of rotatable bonds is 8. The van der Waals surface area contributed by atoms with Crippen molar-refractivity contribution in [1.29, 1.82) is 0 Å². The van der Waals surface area contributed by atoms with Crippen LogP contribution in [-0.4, -0.2) is 56.6 Å². The number of halogens is 2. The molecule has 1 aromatic heterocycles. The molecule has 1 saturated carbocycles. The van der Waals surface area contributed by atoms with E-state index in [1.54, 1.807) is 44.7 Å². The Morgan fingerprint density at radius 3 is 2.32 bits per heavy atom. The number of aromatic nitrogens is 1. The van der Waals surface area contributed by atoms with E-state index in [2.05, 4.69) is 10.3 Å². The third-order valence-corrected chi connectivity index (χ3v) is 7.78. The average molecular weight is 529 g/mol. The van der Waals surface area contributed by atoms with Crippen LogP contribution in [0.3, 0.4) is 0 Å². The van der Waals surface area contributed by atoms with Gasteiger partial charge in [0.2, 0.25) is 0 Å². The molecule has 1 aliphatic rings. The Morgan fingerprint density at radius 2 is 1.82 bits per heavy atom. The van der Waals surface area contributed by atoms with E-state index in [1.165, 1.54) is 0 Å². The summed E-state index contributed by atoms with van der Waals surface area (Å²) in [6.07, 6.45) is 2.94. The molecule has 10 heteroatoms. The zero-order valence-electron chi connectivity index (χ0n) is 20.0. The molecule has 34 heavy (non-hydrogen) atoms. The Kier molecular flexibility index (Phi) is 7.99. The average Bonchev–Trinajstić information content (AvgIpc) is 3.13. The molecule has 0 bridgehead atoms. The zero-order chi connectivity index (χ0) is 25.4. The lowest BCUT2D eigenvalue weighted by atomic mass is 9.91. The van der Waals surface area contributed by atoms with Crippen LogP contribution in [0.15, 0.2) is 12.1 Å². The molecule has 0 spiro atoms. The molecule has 7 nitrogen and oxygen atoms in total. The summed E-state index contributed by atoms with van der Waals surface area (Å²) in [4.78, 5) is 33.0. The highest BCUT2D eigenvalue weighted by atomic mass is 35.5. The van der Waals surface area contributed by atoms with Gasteiger partial charge in [0.05, 0.1) is 26.1 Å². The molecule has 0 atom stereocenters.